The number of rotatable bonds is 9. The molecular weight excluding hydrogens is 466 g/mol. The van der Waals surface area contributed by atoms with Crippen molar-refractivity contribution in [1.29, 1.82) is 0 Å². The Labute approximate surface area is 208 Å². The molecule has 0 fully saturated rings. The predicted octanol–water partition coefficient (Wildman–Crippen LogP) is 6.35. The average molecular weight is 490 g/mol. The molecular formula is C27H24ClN3O4. The second-order valence-corrected chi connectivity index (χ2v) is 7.97. The summed E-state index contributed by atoms with van der Waals surface area (Å²) in [6.45, 7) is 4.22. The lowest BCUT2D eigenvalue weighted by atomic mass is 10.1. The Kier molecular flexibility index (Phi) is 7.80. The molecule has 0 N–H and O–H groups in total. The van der Waals surface area contributed by atoms with Gasteiger partial charge in [0, 0.05) is 5.02 Å². The van der Waals surface area contributed by atoms with E-state index in [9.17, 15) is 4.79 Å². The number of hydrogen-bond donors (Lipinski definition) is 0. The minimum absolute atomic E-state index is 0.235. The number of hydrogen-bond acceptors (Lipinski definition) is 6. The third-order valence-corrected chi connectivity index (χ3v) is 5.30. The first-order valence-electron chi connectivity index (χ1n) is 11.0. The monoisotopic (exact) mass is 489 g/mol. The molecule has 0 radical (unpaired) electrons. The Morgan fingerprint density at radius 3 is 2.43 bits per heavy atom. The van der Waals surface area contributed by atoms with E-state index in [0.717, 1.165) is 16.9 Å². The fourth-order valence-electron chi connectivity index (χ4n) is 3.28. The highest BCUT2D eigenvalue weighted by molar-refractivity contribution is 6.30. The normalized spacial score (nSPS) is 10.9. The van der Waals surface area contributed by atoms with Crippen molar-refractivity contribution in [3.8, 4) is 17.3 Å². The molecule has 0 saturated heterocycles. The lowest BCUT2D eigenvalue weighted by Gasteiger charge is -2.10. The molecule has 178 valence electrons. The van der Waals surface area contributed by atoms with Crippen LogP contribution in [-0.2, 0) is 16.2 Å². The van der Waals surface area contributed by atoms with Gasteiger partial charge in [0.05, 0.1) is 35.3 Å². The summed E-state index contributed by atoms with van der Waals surface area (Å²) in [5.74, 6) is 0.767. The summed E-state index contributed by atoms with van der Waals surface area (Å²) in [5.41, 5.74) is 3.61. The summed E-state index contributed by atoms with van der Waals surface area (Å²) < 4.78 is 12.9. The van der Waals surface area contributed by atoms with Gasteiger partial charge in [0.1, 0.15) is 12.4 Å². The Balaban J connectivity index is 1.53. The van der Waals surface area contributed by atoms with Gasteiger partial charge in [-0.2, -0.15) is 9.78 Å². The molecule has 0 unspecified atom stereocenters. The summed E-state index contributed by atoms with van der Waals surface area (Å²) in [6, 6.07) is 23.8. The molecule has 4 aromatic rings. The maximum absolute atomic E-state index is 11.8. The maximum atomic E-state index is 11.8. The zero-order chi connectivity index (χ0) is 24.6. The van der Waals surface area contributed by atoms with E-state index in [1.807, 2.05) is 37.3 Å². The smallest absolute Gasteiger partial charge is 0.338 e. The second kappa shape index (κ2) is 11.4. The number of carbonyl (C=O) groups excluding carboxylic acids is 1. The predicted molar refractivity (Wildman–Crippen MR) is 135 cm³/mol. The first-order valence-corrected chi connectivity index (χ1v) is 11.4. The molecule has 3 aromatic carbocycles. The molecule has 7 nitrogen and oxygen atoms in total. The van der Waals surface area contributed by atoms with E-state index < -0.39 is 0 Å². The summed E-state index contributed by atoms with van der Waals surface area (Å²) in [5, 5.41) is 9.41. The molecule has 0 aliphatic rings. The van der Waals surface area contributed by atoms with Gasteiger partial charge in [0.25, 0.3) is 0 Å². The summed E-state index contributed by atoms with van der Waals surface area (Å²) >= 11 is 6.02. The van der Waals surface area contributed by atoms with Crippen molar-refractivity contribution in [3.05, 3.63) is 106 Å². The quantitative estimate of drug-likeness (QED) is 0.155. The number of aryl methyl sites for hydroxylation is 1. The topological polar surface area (TPSA) is 74.9 Å². The second-order valence-electron chi connectivity index (χ2n) is 7.53. The highest BCUT2D eigenvalue weighted by Gasteiger charge is 2.18. The van der Waals surface area contributed by atoms with Crippen molar-refractivity contribution in [2.45, 2.75) is 20.5 Å². The van der Waals surface area contributed by atoms with Crippen LogP contribution in [0.25, 0.3) is 5.69 Å². The highest BCUT2D eigenvalue weighted by Crippen LogP contribution is 2.30. The first-order chi connectivity index (χ1) is 17.0. The van der Waals surface area contributed by atoms with Crippen molar-refractivity contribution in [3.63, 3.8) is 0 Å². The molecule has 0 bridgehead atoms. The van der Waals surface area contributed by atoms with Crippen LogP contribution in [0.2, 0.25) is 5.02 Å². The van der Waals surface area contributed by atoms with Gasteiger partial charge in [-0.15, -0.1) is 0 Å². The Hall–Kier alpha value is -4.10. The molecule has 1 aromatic heterocycles. The fraction of sp³-hybridized carbons (Fsp3) is 0.148. The standard InChI is InChI=1S/C27H24ClN3O4/c1-3-33-27(32)21-11-9-20(10-12-21)18-34-29-17-25-19(2)30-31(23-7-5-4-6-8-23)26(25)35-24-15-13-22(28)14-16-24/h4-17H,3,18H2,1-2H3/b29-17+. The van der Waals surface area contributed by atoms with E-state index in [-0.39, 0.29) is 12.6 Å². The number of benzene rings is 3. The zero-order valence-electron chi connectivity index (χ0n) is 19.3. The van der Waals surface area contributed by atoms with Gasteiger partial charge in [0.15, 0.2) is 0 Å². The molecule has 0 spiro atoms. The molecule has 0 saturated carbocycles. The number of aromatic nitrogens is 2. The number of para-hydroxylation sites is 1. The third kappa shape index (κ3) is 6.07. The van der Waals surface area contributed by atoms with Gasteiger partial charge < -0.3 is 14.3 Å². The van der Waals surface area contributed by atoms with E-state index in [4.69, 9.17) is 25.9 Å². The van der Waals surface area contributed by atoms with E-state index in [1.54, 1.807) is 66.4 Å². The molecule has 0 aliphatic carbocycles. The summed E-state index contributed by atoms with van der Waals surface area (Å²) in [6.07, 6.45) is 1.58. The number of carbonyl (C=O) groups is 1. The SMILES string of the molecule is CCOC(=O)c1ccc(CO/N=C/c2c(C)nn(-c3ccccc3)c2Oc2ccc(Cl)cc2)cc1. The summed E-state index contributed by atoms with van der Waals surface area (Å²) in [4.78, 5) is 17.3. The van der Waals surface area contributed by atoms with Crippen LogP contribution in [0.3, 0.4) is 0 Å². The van der Waals surface area contributed by atoms with E-state index in [1.165, 1.54) is 0 Å². The Bertz CT molecular complexity index is 1300. The van der Waals surface area contributed by atoms with Crippen molar-refractivity contribution in [2.24, 2.45) is 5.16 Å². The van der Waals surface area contributed by atoms with Gasteiger partial charge in [-0.25, -0.2) is 4.79 Å². The van der Waals surface area contributed by atoms with Gasteiger partial charge in [0.2, 0.25) is 5.88 Å². The van der Waals surface area contributed by atoms with Crippen molar-refractivity contribution in [2.75, 3.05) is 6.61 Å². The van der Waals surface area contributed by atoms with E-state index in [0.29, 0.717) is 34.4 Å². The minimum atomic E-state index is -0.350. The van der Waals surface area contributed by atoms with Crippen molar-refractivity contribution >= 4 is 23.8 Å². The largest absolute Gasteiger partial charge is 0.462 e. The molecule has 0 atom stereocenters. The Morgan fingerprint density at radius 2 is 1.74 bits per heavy atom. The van der Waals surface area contributed by atoms with Crippen LogP contribution >= 0.6 is 11.6 Å². The molecule has 0 amide bonds. The average Bonchev–Trinajstić information content (AvgIpc) is 3.19. The van der Waals surface area contributed by atoms with Crippen LogP contribution in [-0.4, -0.2) is 28.6 Å². The van der Waals surface area contributed by atoms with Crippen molar-refractivity contribution in [1.82, 2.24) is 9.78 Å². The number of oxime groups is 1. The molecule has 8 heteroatoms. The Morgan fingerprint density at radius 1 is 1.03 bits per heavy atom. The van der Waals surface area contributed by atoms with Crippen LogP contribution in [0.5, 0.6) is 11.6 Å². The van der Waals surface area contributed by atoms with E-state index in [2.05, 4.69) is 10.3 Å². The molecule has 35 heavy (non-hydrogen) atoms. The van der Waals surface area contributed by atoms with Gasteiger partial charge in [-0.05, 0) is 67.9 Å². The lowest BCUT2D eigenvalue weighted by Crippen LogP contribution is -2.04. The number of nitrogens with zero attached hydrogens (tertiary/aromatic N) is 3. The van der Waals surface area contributed by atoms with E-state index >= 15 is 0 Å². The highest BCUT2D eigenvalue weighted by atomic mass is 35.5. The first kappa shape index (κ1) is 24.0. The van der Waals surface area contributed by atoms with Crippen LogP contribution in [0.4, 0.5) is 0 Å². The lowest BCUT2D eigenvalue weighted by molar-refractivity contribution is 0.0526. The fourth-order valence-corrected chi connectivity index (χ4v) is 3.40. The van der Waals surface area contributed by atoms with Crippen LogP contribution in [0, 0.1) is 6.92 Å². The van der Waals surface area contributed by atoms with Gasteiger partial charge in [-0.3, -0.25) is 0 Å². The van der Waals surface area contributed by atoms with Crippen LogP contribution < -0.4 is 4.74 Å². The van der Waals surface area contributed by atoms with Gasteiger partial charge >= 0.3 is 5.97 Å². The third-order valence-electron chi connectivity index (χ3n) is 5.04. The molecule has 4 rings (SSSR count). The van der Waals surface area contributed by atoms with Crippen molar-refractivity contribution < 1.29 is 19.1 Å². The number of ether oxygens (including phenoxy) is 2. The van der Waals surface area contributed by atoms with Gasteiger partial charge in [-0.1, -0.05) is 47.1 Å². The molecule has 1 heterocycles. The zero-order valence-corrected chi connectivity index (χ0v) is 20.1. The minimum Gasteiger partial charge on any atom is -0.462 e. The van der Waals surface area contributed by atoms with Crippen LogP contribution in [0.1, 0.15) is 34.1 Å². The molecule has 0 aliphatic heterocycles. The number of esters is 1. The number of halogens is 1. The summed E-state index contributed by atoms with van der Waals surface area (Å²) in [7, 11) is 0. The maximum Gasteiger partial charge on any atom is 0.338 e. The van der Waals surface area contributed by atoms with Crippen LogP contribution in [0.15, 0.2) is 84.0 Å².